The molecule has 0 aliphatic heterocycles. The lowest BCUT2D eigenvalue weighted by molar-refractivity contribution is 0.102. The Bertz CT molecular complexity index is 1450. The molecule has 0 bridgehead atoms. The van der Waals surface area contributed by atoms with Crippen LogP contribution in [0.3, 0.4) is 0 Å². The van der Waals surface area contributed by atoms with E-state index in [2.05, 4.69) is 14.7 Å². The first kappa shape index (κ1) is 23.5. The quantitative estimate of drug-likeness (QED) is 0.171. The second kappa shape index (κ2) is 10.1. The van der Waals surface area contributed by atoms with E-state index in [1.165, 1.54) is 12.1 Å². The van der Waals surface area contributed by atoms with E-state index in [9.17, 15) is 22.0 Å². The number of rotatable bonds is 8. The van der Waals surface area contributed by atoms with Gasteiger partial charge in [0.05, 0.1) is 11.1 Å². The van der Waals surface area contributed by atoms with Gasteiger partial charge in [-0.3, -0.25) is 14.8 Å². The van der Waals surface area contributed by atoms with Crippen LogP contribution in [0, 0.1) is 17.5 Å². The van der Waals surface area contributed by atoms with Gasteiger partial charge >= 0.3 is 0 Å². The van der Waals surface area contributed by atoms with Crippen LogP contribution in [-0.4, -0.2) is 30.7 Å². The molecule has 0 aliphatic rings. The molecule has 2 heterocycles. The molecule has 0 spiro atoms. The third-order valence-electron chi connectivity index (χ3n) is 5.26. The molecule has 0 unspecified atom stereocenters. The lowest BCUT2D eigenvalue weighted by Gasteiger charge is -2.11. The van der Waals surface area contributed by atoms with Crippen molar-refractivity contribution in [2.75, 3.05) is 6.54 Å². The first-order chi connectivity index (χ1) is 16.3. The van der Waals surface area contributed by atoms with Crippen molar-refractivity contribution in [2.24, 2.45) is 0 Å². The number of fused-ring (bicyclic) bond motifs is 1. The summed E-state index contributed by atoms with van der Waals surface area (Å²) in [6, 6.07) is 10.4. The van der Waals surface area contributed by atoms with Crippen molar-refractivity contribution in [3.63, 3.8) is 0 Å². The fraction of sp³-hybridized carbons (Fsp3) is 0.125. The predicted octanol–water partition coefficient (Wildman–Crippen LogP) is 3.99. The van der Waals surface area contributed by atoms with E-state index in [1.54, 1.807) is 36.8 Å². The van der Waals surface area contributed by atoms with Crippen LogP contribution in [0.15, 0.2) is 61.1 Å². The van der Waals surface area contributed by atoms with Crippen molar-refractivity contribution in [1.29, 1.82) is 0 Å². The summed E-state index contributed by atoms with van der Waals surface area (Å²) in [5.41, 5.74) is 0.867. The van der Waals surface area contributed by atoms with Crippen LogP contribution >= 0.6 is 0 Å². The first-order valence-corrected chi connectivity index (χ1v) is 11.4. The lowest BCUT2D eigenvalue weighted by Crippen LogP contribution is -2.15. The van der Waals surface area contributed by atoms with Crippen LogP contribution in [0.5, 0.6) is 0 Å². The van der Waals surface area contributed by atoms with Crippen LogP contribution in [0.2, 0.25) is 0 Å². The van der Waals surface area contributed by atoms with Crippen molar-refractivity contribution in [3.8, 4) is 11.1 Å². The third-order valence-corrected chi connectivity index (χ3v) is 5.74. The molecule has 10 heteroatoms. The van der Waals surface area contributed by atoms with Gasteiger partial charge in [-0.2, -0.15) is 0 Å². The molecule has 0 saturated carbocycles. The zero-order chi connectivity index (χ0) is 24.2. The Morgan fingerprint density at radius 1 is 0.971 bits per heavy atom. The largest absolute Gasteiger partial charge is 0.288 e. The smallest absolute Gasteiger partial charge is 0.201 e. The predicted molar refractivity (Wildman–Crippen MR) is 121 cm³/mol. The summed E-state index contributed by atoms with van der Waals surface area (Å²) in [6.07, 6.45) is 4.98. The van der Waals surface area contributed by atoms with Gasteiger partial charge < -0.3 is 0 Å². The summed E-state index contributed by atoms with van der Waals surface area (Å²) < 4.78 is 67.0. The highest BCUT2D eigenvalue weighted by Crippen LogP contribution is 2.27. The SMILES string of the molecule is O=C(c1ccc2ncc(-c3cccnc3)cc2c1)c1c(F)c(F)cc(CCCN[SH](=O)=O)c1F. The molecule has 0 saturated heterocycles. The topological polar surface area (TPSA) is 89.0 Å². The third kappa shape index (κ3) is 4.97. The van der Waals surface area contributed by atoms with Gasteiger partial charge in [-0.05, 0) is 54.8 Å². The van der Waals surface area contributed by atoms with E-state index < -0.39 is 39.7 Å². The number of aryl methyl sites for hydroxylation is 1. The number of carbonyl (C=O) groups excluding carboxylic acids is 1. The Balaban J connectivity index is 1.69. The summed E-state index contributed by atoms with van der Waals surface area (Å²) in [6.45, 7) is -0.00262. The number of ketones is 1. The van der Waals surface area contributed by atoms with Gasteiger partial charge in [0.15, 0.2) is 17.4 Å². The molecular formula is C24H18F3N3O3S. The van der Waals surface area contributed by atoms with Gasteiger partial charge in [-0.15, -0.1) is 0 Å². The summed E-state index contributed by atoms with van der Waals surface area (Å²) in [7, 11) is -2.82. The van der Waals surface area contributed by atoms with Crippen LogP contribution in [0.4, 0.5) is 13.2 Å². The average Bonchev–Trinajstić information content (AvgIpc) is 2.84. The number of hydrogen-bond acceptors (Lipinski definition) is 5. The molecule has 0 aliphatic carbocycles. The first-order valence-electron chi connectivity index (χ1n) is 10.2. The highest BCUT2D eigenvalue weighted by molar-refractivity contribution is 7.70. The van der Waals surface area contributed by atoms with Gasteiger partial charge in [-0.25, -0.2) is 26.3 Å². The zero-order valence-electron chi connectivity index (χ0n) is 17.6. The number of benzene rings is 2. The summed E-state index contributed by atoms with van der Waals surface area (Å²) in [5, 5.41) is 0.558. The number of halogens is 3. The van der Waals surface area contributed by atoms with Gasteiger partial charge in [-0.1, -0.05) is 6.07 Å². The molecule has 0 atom stereocenters. The number of aromatic nitrogens is 2. The molecule has 0 amide bonds. The van der Waals surface area contributed by atoms with E-state index in [-0.39, 0.29) is 30.5 Å². The summed E-state index contributed by atoms with van der Waals surface area (Å²) in [5.74, 6) is -5.11. The number of carbonyl (C=O) groups is 1. The second-order valence-corrected chi connectivity index (χ2v) is 8.32. The molecule has 6 nitrogen and oxygen atoms in total. The minimum absolute atomic E-state index is 0.00262. The van der Waals surface area contributed by atoms with Crippen LogP contribution in [0.25, 0.3) is 22.0 Å². The lowest BCUT2D eigenvalue weighted by atomic mass is 9.96. The standard InChI is InChI=1S/C24H18F3N3O3S/c25-19-11-14(3-2-8-30-34(32)33)22(26)21(23(19)27)24(31)15-5-6-20-17(9-15)10-18(13-29-20)16-4-1-7-28-12-16/h1,4-7,9-13,34H,2-3,8H2,(H,30,32,33). The van der Waals surface area contributed by atoms with Gasteiger partial charge in [0.2, 0.25) is 10.9 Å². The Kier molecular flexibility index (Phi) is 6.99. The van der Waals surface area contributed by atoms with Gasteiger partial charge in [0.1, 0.15) is 5.82 Å². The number of nitrogens with one attached hydrogen (secondary N) is 1. The zero-order valence-corrected chi connectivity index (χ0v) is 18.5. The van der Waals surface area contributed by atoms with Crippen molar-refractivity contribution in [2.45, 2.75) is 12.8 Å². The average molecular weight is 485 g/mol. The highest BCUT2D eigenvalue weighted by Gasteiger charge is 2.25. The molecular weight excluding hydrogens is 467 g/mol. The molecule has 1 N–H and O–H groups in total. The molecule has 4 rings (SSSR count). The second-order valence-electron chi connectivity index (χ2n) is 7.49. The Hall–Kier alpha value is -3.63. The normalized spacial score (nSPS) is 11.3. The number of hydrogen-bond donors (Lipinski definition) is 2. The van der Waals surface area contributed by atoms with Crippen LogP contribution < -0.4 is 4.72 Å². The van der Waals surface area contributed by atoms with E-state index in [0.29, 0.717) is 17.0 Å². The van der Waals surface area contributed by atoms with Crippen molar-refractivity contribution in [1.82, 2.24) is 14.7 Å². The van der Waals surface area contributed by atoms with Crippen molar-refractivity contribution >= 4 is 27.6 Å². The molecule has 174 valence electrons. The summed E-state index contributed by atoms with van der Waals surface area (Å²) >= 11 is 0. The van der Waals surface area contributed by atoms with E-state index >= 15 is 4.39 Å². The maximum atomic E-state index is 15.0. The Morgan fingerprint density at radius 3 is 2.53 bits per heavy atom. The Morgan fingerprint density at radius 2 is 1.79 bits per heavy atom. The number of nitrogens with zero attached hydrogens (tertiary/aromatic N) is 2. The minimum atomic E-state index is -2.82. The number of thiol groups is 1. The van der Waals surface area contributed by atoms with Crippen molar-refractivity contribution < 1.29 is 26.4 Å². The molecule has 34 heavy (non-hydrogen) atoms. The fourth-order valence-electron chi connectivity index (χ4n) is 3.60. The van der Waals surface area contributed by atoms with Crippen LogP contribution in [0.1, 0.15) is 27.9 Å². The van der Waals surface area contributed by atoms with E-state index in [1.807, 2.05) is 6.07 Å². The van der Waals surface area contributed by atoms with Crippen LogP contribution in [-0.2, 0) is 17.3 Å². The fourth-order valence-corrected chi connectivity index (χ4v) is 3.94. The monoisotopic (exact) mass is 485 g/mol. The van der Waals surface area contributed by atoms with E-state index in [0.717, 1.165) is 11.1 Å². The molecule has 0 radical (unpaired) electrons. The van der Waals surface area contributed by atoms with Crippen molar-refractivity contribution in [3.05, 3.63) is 95.2 Å². The van der Waals surface area contributed by atoms with Gasteiger partial charge in [0.25, 0.3) is 0 Å². The maximum absolute atomic E-state index is 15.0. The molecule has 2 aromatic carbocycles. The minimum Gasteiger partial charge on any atom is -0.288 e. The highest BCUT2D eigenvalue weighted by atomic mass is 32.2. The van der Waals surface area contributed by atoms with Gasteiger partial charge in [0, 0.05) is 47.2 Å². The summed E-state index contributed by atoms with van der Waals surface area (Å²) in [4.78, 5) is 21.5. The number of pyridine rings is 2. The molecule has 2 aromatic heterocycles. The maximum Gasteiger partial charge on any atom is 0.201 e. The molecule has 4 aromatic rings. The van der Waals surface area contributed by atoms with E-state index in [4.69, 9.17) is 0 Å². The molecule has 0 fully saturated rings. The Labute approximate surface area is 194 Å².